The molecular weight excluding hydrogens is 217 g/mol. The van der Waals surface area contributed by atoms with Gasteiger partial charge in [0.05, 0.1) is 6.61 Å². The van der Waals surface area contributed by atoms with E-state index in [0.29, 0.717) is 24.0 Å². The van der Waals surface area contributed by atoms with E-state index in [1.807, 2.05) is 12.1 Å². The zero-order chi connectivity index (χ0) is 11.8. The highest BCUT2D eigenvalue weighted by molar-refractivity contribution is 5.41. The molecule has 1 atom stereocenters. The van der Waals surface area contributed by atoms with Crippen molar-refractivity contribution >= 4 is 0 Å². The molecule has 1 N–H and O–H groups in total. The van der Waals surface area contributed by atoms with Gasteiger partial charge in [-0.05, 0) is 38.2 Å². The lowest BCUT2D eigenvalue weighted by molar-refractivity contribution is 0.300. The molecule has 1 aliphatic heterocycles. The molecule has 92 valence electrons. The van der Waals surface area contributed by atoms with Crippen molar-refractivity contribution in [2.45, 2.75) is 44.7 Å². The lowest BCUT2D eigenvalue weighted by Gasteiger charge is -2.19. The van der Waals surface area contributed by atoms with Gasteiger partial charge in [-0.25, -0.2) is 4.39 Å². The van der Waals surface area contributed by atoms with Crippen LogP contribution in [0.4, 0.5) is 4.39 Å². The van der Waals surface area contributed by atoms with Crippen LogP contribution >= 0.6 is 0 Å². The summed E-state index contributed by atoms with van der Waals surface area (Å²) in [6.07, 6.45) is 4.52. The molecule has 1 aliphatic carbocycles. The van der Waals surface area contributed by atoms with Gasteiger partial charge in [-0.2, -0.15) is 0 Å². The summed E-state index contributed by atoms with van der Waals surface area (Å²) in [7, 11) is 0. The van der Waals surface area contributed by atoms with Crippen LogP contribution in [0.25, 0.3) is 0 Å². The minimum absolute atomic E-state index is 0.188. The van der Waals surface area contributed by atoms with Gasteiger partial charge in [0.25, 0.3) is 0 Å². The number of benzene rings is 1. The molecule has 17 heavy (non-hydrogen) atoms. The summed E-state index contributed by atoms with van der Waals surface area (Å²) in [5.41, 5.74) is 1.66. The predicted octanol–water partition coefficient (Wildman–Crippen LogP) is 3.10. The molecule has 0 aromatic heterocycles. The standard InChI is InChI=1S/C14H18FNO/c1-9-4-7-11-12(16-10-5-6-10)3-2-8-17-14(11)13(9)15/h4,7,10,12,16H,2-3,5-6,8H2,1H3. The first-order valence-corrected chi connectivity index (χ1v) is 6.43. The van der Waals surface area contributed by atoms with Gasteiger partial charge in [0, 0.05) is 17.6 Å². The Bertz CT molecular complexity index is 428. The SMILES string of the molecule is Cc1ccc2c(c1F)OCCCC2NC1CC1. The molecule has 1 fully saturated rings. The summed E-state index contributed by atoms with van der Waals surface area (Å²) in [5, 5.41) is 3.59. The molecule has 0 saturated heterocycles. The Morgan fingerprint density at radius 2 is 2.12 bits per heavy atom. The Balaban J connectivity index is 1.96. The second-order valence-electron chi connectivity index (χ2n) is 5.10. The van der Waals surface area contributed by atoms with Crippen LogP contribution in [0.3, 0.4) is 0 Å². The third-order valence-corrected chi connectivity index (χ3v) is 3.59. The third kappa shape index (κ3) is 2.16. The predicted molar refractivity (Wildman–Crippen MR) is 64.8 cm³/mol. The molecule has 1 aromatic rings. The molecule has 0 spiro atoms. The summed E-state index contributed by atoms with van der Waals surface area (Å²) < 4.78 is 19.6. The van der Waals surface area contributed by atoms with Crippen LogP contribution in [-0.4, -0.2) is 12.6 Å². The van der Waals surface area contributed by atoms with Gasteiger partial charge in [0.1, 0.15) is 0 Å². The molecule has 1 heterocycles. The first-order chi connectivity index (χ1) is 8.25. The Morgan fingerprint density at radius 1 is 1.29 bits per heavy atom. The number of fused-ring (bicyclic) bond motifs is 1. The van der Waals surface area contributed by atoms with Crippen molar-refractivity contribution in [2.24, 2.45) is 0 Å². The minimum Gasteiger partial charge on any atom is -0.490 e. The first kappa shape index (κ1) is 11.0. The number of hydrogen-bond donors (Lipinski definition) is 1. The second kappa shape index (κ2) is 4.30. The highest BCUT2D eigenvalue weighted by Crippen LogP contribution is 2.36. The molecule has 0 bridgehead atoms. The maximum atomic E-state index is 14.0. The maximum Gasteiger partial charge on any atom is 0.168 e. The number of rotatable bonds is 2. The number of halogens is 1. The summed E-state index contributed by atoms with van der Waals surface area (Å²) in [4.78, 5) is 0. The summed E-state index contributed by atoms with van der Waals surface area (Å²) in [6, 6.07) is 4.76. The third-order valence-electron chi connectivity index (χ3n) is 3.59. The van der Waals surface area contributed by atoms with Crippen LogP contribution in [0.2, 0.25) is 0 Å². The quantitative estimate of drug-likeness (QED) is 0.850. The van der Waals surface area contributed by atoms with Gasteiger partial charge in [0.2, 0.25) is 0 Å². The van der Waals surface area contributed by atoms with Gasteiger partial charge in [-0.1, -0.05) is 12.1 Å². The smallest absolute Gasteiger partial charge is 0.168 e. The van der Waals surface area contributed by atoms with Gasteiger partial charge in [-0.15, -0.1) is 0 Å². The van der Waals surface area contributed by atoms with Crippen LogP contribution in [0, 0.1) is 12.7 Å². The van der Waals surface area contributed by atoms with E-state index in [-0.39, 0.29) is 11.9 Å². The maximum absolute atomic E-state index is 14.0. The summed E-state index contributed by atoms with van der Waals surface area (Å²) in [6.45, 7) is 2.41. The molecule has 0 radical (unpaired) electrons. The van der Waals surface area contributed by atoms with Crippen molar-refractivity contribution in [3.63, 3.8) is 0 Å². The monoisotopic (exact) mass is 235 g/mol. The summed E-state index contributed by atoms with van der Waals surface area (Å²) >= 11 is 0. The minimum atomic E-state index is -0.188. The molecule has 1 unspecified atom stereocenters. The molecule has 2 aliphatic rings. The van der Waals surface area contributed by atoms with Crippen LogP contribution in [-0.2, 0) is 0 Å². The van der Waals surface area contributed by atoms with Crippen LogP contribution < -0.4 is 10.1 Å². The number of aryl methyl sites for hydroxylation is 1. The molecule has 3 rings (SSSR count). The summed E-state index contributed by atoms with van der Waals surface area (Å²) in [5.74, 6) is 0.285. The molecular formula is C14H18FNO. The van der Waals surface area contributed by atoms with E-state index >= 15 is 0 Å². The van der Waals surface area contributed by atoms with E-state index < -0.39 is 0 Å². The fraction of sp³-hybridized carbons (Fsp3) is 0.571. The highest BCUT2D eigenvalue weighted by atomic mass is 19.1. The van der Waals surface area contributed by atoms with Crippen molar-refractivity contribution < 1.29 is 9.13 Å². The van der Waals surface area contributed by atoms with Crippen molar-refractivity contribution in [3.8, 4) is 5.75 Å². The van der Waals surface area contributed by atoms with Crippen LogP contribution in [0.15, 0.2) is 12.1 Å². The average Bonchev–Trinajstić information content (AvgIpc) is 3.13. The molecule has 2 nitrogen and oxygen atoms in total. The fourth-order valence-electron chi connectivity index (χ4n) is 2.42. The van der Waals surface area contributed by atoms with E-state index in [4.69, 9.17) is 4.74 Å². The number of ether oxygens (including phenoxy) is 1. The first-order valence-electron chi connectivity index (χ1n) is 6.43. The molecule has 1 saturated carbocycles. The fourth-order valence-corrected chi connectivity index (χ4v) is 2.42. The zero-order valence-electron chi connectivity index (χ0n) is 10.1. The highest BCUT2D eigenvalue weighted by Gasteiger charge is 2.29. The normalized spacial score (nSPS) is 23.8. The van der Waals surface area contributed by atoms with Crippen molar-refractivity contribution in [3.05, 3.63) is 29.1 Å². The lowest BCUT2D eigenvalue weighted by Crippen LogP contribution is -2.23. The molecule has 0 amide bonds. The Hall–Kier alpha value is -1.09. The second-order valence-corrected chi connectivity index (χ2v) is 5.10. The lowest BCUT2D eigenvalue weighted by atomic mass is 10.00. The van der Waals surface area contributed by atoms with Gasteiger partial charge < -0.3 is 10.1 Å². The van der Waals surface area contributed by atoms with E-state index in [9.17, 15) is 4.39 Å². The topological polar surface area (TPSA) is 21.3 Å². The van der Waals surface area contributed by atoms with E-state index in [0.717, 1.165) is 18.4 Å². The number of hydrogen-bond acceptors (Lipinski definition) is 2. The number of nitrogens with one attached hydrogen (secondary N) is 1. The average molecular weight is 235 g/mol. The van der Waals surface area contributed by atoms with Crippen molar-refractivity contribution in [1.29, 1.82) is 0 Å². The van der Waals surface area contributed by atoms with Crippen LogP contribution in [0.5, 0.6) is 5.75 Å². The van der Waals surface area contributed by atoms with Crippen molar-refractivity contribution in [1.82, 2.24) is 5.32 Å². The van der Waals surface area contributed by atoms with Crippen molar-refractivity contribution in [2.75, 3.05) is 6.61 Å². The van der Waals surface area contributed by atoms with Gasteiger partial charge in [-0.3, -0.25) is 0 Å². The van der Waals surface area contributed by atoms with Gasteiger partial charge >= 0.3 is 0 Å². The van der Waals surface area contributed by atoms with E-state index in [2.05, 4.69) is 5.32 Å². The Kier molecular flexibility index (Phi) is 2.79. The molecule has 1 aromatic carbocycles. The Labute approximate surface area is 101 Å². The van der Waals surface area contributed by atoms with E-state index in [1.165, 1.54) is 12.8 Å². The van der Waals surface area contributed by atoms with Crippen LogP contribution in [0.1, 0.15) is 42.9 Å². The zero-order valence-corrected chi connectivity index (χ0v) is 10.1. The Morgan fingerprint density at radius 3 is 2.88 bits per heavy atom. The molecule has 3 heteroatoms. The van der Waals surface area contributed by atoms with E-state index in [1.54, 1.807) is 6.92 Å². The van der Waals surface area contributed by atoms with Gasteiger partial charge in [0.15, 0.2) is 11.6 Å². The largest absolute Gasteiger partial charge is 0.490 e.